The van der Waals surface area contributed by atoms with E-state index in [1.54, 1.807) is 31.3 Å². The Balaban J connectivity index is 0.00000312. The highest BCUT2D eigenvalue weighted by atomic mass is 35.5. The number of benzene rings is 1. The van der Waals surface area contributed by atoms with Gasteiger partial charge in [0.15, 0.2) is 6.61 Å². The molecule has 0 spiro atoms. The lowest BCUT2D eigenvalue weighted by atomic mass is 9.84. The zero-order chi connectivity index (χ0) is 17.4. The van der Waals surface area contributed by atoms with E-state index in [2.05, 4.69) is 22.9 Å². The van der Waals surface area contributed by atoms with E-state index < -0.39 is 0 Å². The quantitative estimate of drug-likeness (QED) is 0.688. The maximum Gasteiger partial charge on any atom is 0.257 e. The molecule has 1 aromatic rings. The minimum Gasteiger partial charge on any atom is -0.484 e. The zero-order valence-corrected chi connectivity index (χ0v) is 15.7. The zero-order valence-electron chi connectivity index (χ0n) is 14.8. The van der Waals surface area contributed by atoms with E-state index in [9.17, 15) is 9.59 Å². The number of nitrogens with one attached hydrogen (secondary N) is 3. The minimum absolute atomic E-state index is 0. The molecule has 0 aliphatic carbocycles. The Morgan fingerprint density at radius 3 is 2.44 bits per heavy atom. The second-order valence-electron chi connectivity index (χ2n) is 6.30. The molecule has 2 amide bonds. The normalized spacial score (nSPS) is 15.6. The molecule has 0 radical (unpaired) electrons. The minimum atomic E-state index is -0.181. The summed E-state index contributed by atoms with van der Waals surface area (Å²) in [5, 5.41) is 8.77. The first-order valence-corrected chi connectivity index (χ1v) is 8.52. The number of likely N-dealkylation sites (N-methyl/N-ethyl adjacent to an activating group) is 1. The highest BCUT2D eigenvalue weighted by Crippen LogP contribution is 2.25. The molecule has 1 aliphatic rings. The molecule has 1 fully saturated rings. The van der Waals surface area contributed by atoms with E-state index in [4.69, 9.17) is 4.74 Å². The highest BCUT2D eigenvalue weighted by molar-refractivity contribution is 5.90. The van der Waals surface area contributed by atoms with Crippen LogP contribution in [-0.2, 0) is 9.59 Å². The van der Waals surface area contributed by atoms with Crippen LogP contribution in [0.3, 0.4) is 0 Å². The standard InChI is InChI=1S/C18H27N3O3.ClH/c1-13(14-7-9-20-10-8-14)11-17(22)21-15-3-5-16(6-4-15)24-12-18(23)19-2;/h3-6,13-14,20H,7-12H2,1-2H3,(H,19,23)(H,21,22);1H. The van der Waals surface area contributed by atoms with Crippen molar-refractivity contribution in [1.82, 2.24) is 10.6 Å². The van der Waals surface area contributed by atoms with Gasteiger partial charge in [-0.25, -0.2) is 0 Å². The molecule has 7 heteroatoms. The van der Waals surface area contributed by atoms with E-state index in [-0.39, 0.29) is 30.8 Å². The molecule has 1 heterocycles. The van der Waals surface area contributed by atoms with Gasteiger partial charge in [0.25, 0.3) is 5.91 Å². The average molecular weight is 370 g/mol. The van der Waals surface area contributed by atoms with Crippen LogP contribution in [0, 0.1) is 11.8 Å². The topological polar surface area (TPSA) is 79.5 Å². The number of rotatable bonds is 7. The van der Waals surface area contributed by atoms with Crippen LogP contribution >= 0.6 is 12.4 Å². The van der Waals surface area contributed by atoms with Crippen LogP contribution in [0.5, 0.6) is 5.75 Å². The predicted octanol–water partition coefficient (Wildman–Crippen LogP) is 2.20. The molecule has 0 bridgehead atoms. The summed E-state index contributed by atoms with van der Waals surface area (Å²) in [5.74, 6) is 1.47. The molecule has 3 N–H and O–H groups in total. The Bertz CT molecular complexity index is 545. The summed E-state index contributed by atoms with van der Waals surface area (Å²) < 4.78 is 5.33. The highest BCUT2D eigenvalue weighted by Gasteiger charge is 2.21. The molecule has 25 heavy (non-hydrogen) atoms. The Morgan fingerprint density at radius 1 is 1.20 bits per heavy atom. The number of halogens is 1. The van der Waals surface area contributed by atoms with Gasteiger partial charge >= 0.3 is 0 Å². The van der Waals surface area contributed by atoms with Crippen molar-refractivity contribution in [1.29, 1.82) is 0 Å². The number of hydrogen-bond acceptors (Lipinski definition) is 4. The van der Waals surface area contributed by atoms with Crippen LogP contribution in [0.15, 0.2) is 24.3 Å². The van der Waals surface area contributed by atoms with Crippen LogP contribution in [0.25, 0.3) is 0 Å². The summed E-state index contributed by atoms with van der Waals surface area (Å²) in [6.07, 6.45) is 2.83. The molecular weight excluding hydrogens is 342 g/mol. The Kier molecular flexibility index (Phi) is 9.31. The van der Waals surface area contributed by atoms with Gasteiger partial charge < -0.3 is 20.7 Å². The lowest BCUT2D eigenvalue weighted by Crippen LogP contribution is -2.32. The van der Waals surface area contributed by atoms with Gasteiger partial charge in [-0.2, -0.15) is 0 Å². The van der Waals surface area contributed by atoms with E-state index in [0.29, 0.717) is 24.0 Å². The molecule has 1 unspecified atom stereocenters. The van der Waals surface area contributed by atoms with E-state index in [1.807, 2.05) is 0 Å². The maximum atomic E-state index is 12.2. The fourth-order valence-corrected chi connectivity index (χ4v) is 2.94. The fourth-order valence-electron chi connectivity index (χ4n) is 2.94. The third-order valence-electron chi connectivity index (χ3n) is 4.48. The summed E-state index contributed by atoms with van der Waals surface area (Å²) in [7, 11) is 1.56. The molecule has 0 saturated carbocycles. The third-order valence-corrected chi connectivity index (χ3v) is 4.48. The van der Waals surface area contributed by atoms with Crippen LogP contribution in [-0.4, -0.2) is 38.6 Å². The molecule has 0 aromatic heterocycles. The summed E-state index contributed by atoms with van der Waals surface area (Å²) in [6, 6.07) is 7.06. The van der Waals surface area contributed by atoms with Crippen molar-refractivity contribution >= 4 is 29.9 Å². The van der Waals surface area contributed by atoms with E-state index in [0.717, 1.165) is 31.6 Å². The van der Waals surface area contributed by atoms with Gasteiger partial charge in [0.2, 0.25) is 5.91 Å². The molecular formula is C18H28ClN3O3. The predicted molar refractivity (Wildman–Crippen MR) is 101 cm³/mol. The van der Waals surface area contributed by atoms with Crippen LogP contribution in [0.1, 0.15) is 26.2 Å². The van der Waals surface area contributed by atoms with Crippen LogP contribution in [0.4, 0.5) is 5.69 Å². The first kappa shape index (κ1) is 21.3. The molecule has 140 valence electrons. The van der Waals surface area contributed by atoms with Gasteiger partial charge in [0.05, 0.1) is 0 Å². The first-order valence-electron chi connectivity index (χ1n) is 8.52. The molecule has 1 aromatic carbocycles. The molecule has 1 aliphatic heterocycles. The number of anilines is 1. The number of amides is 2. The van der Waals surface area contributed by atoms with Gasteiger partial charge in [-0.1, -0.05) is 6.92 Å². The summed E-state index contributed by atoms with van der Waals surface area (Å²) >= 11 is 0. The Morgan fingerprint density at radius 2 is 1.84 bits per heavy atom. The van der Waals surface area contributed by atoms with Crippen molar-refractivity contribution in [3.05, 3.63) is 24.3 Å². The summed E-state index contributed by atoms with van der Waals surface area (Å²) in [6.45, 7) is 4.24. The van der Waals surface area contributed by atoms with Gasteiger partial charge in [-0.15, -0.1) is 12.4 Å². The van der Waals surface area contributed by atoms with Crippen LogP contribution < -0.4 is 20.7 Å². The smallest absolute Gasteiger partial charge is 0.257 e. The van der Waals surface area contributed by atoms with Gasteiger partial charge in [-0.3, -0.25) is 9.59 Å². The van der Waals surface area contributed by atoms with E-state index in [1.165, 1.54) is 0 Å². The van der Waals surface area contributed by atoms with Gasteiger partial charge in [0.1, 0.15) is 5.75 Å². The Hall–Kier alpha value is -1.79. The third kappa shape index (κ3) is 7.32. The number of hydrogen-bond donors (Lipinski definition) is 3. The van der Waals surface area contributed by atoms with Crippen molar-refractivity contribution < 1.29 is 14.3 Å². The number of carbonyl (C=O) groups is 2. The van der Waals surface area contributed by atoms with E-state index >= 15 is 0 Å². The fraction of sp³-hybridized carbons (Fsp3) is 0.556. The monoisotopic (exact) mass is 369 g/mol. The van der Waals surface area contributed by atoms with Crippen molar-refractivity contribution in [2.75, 3.05) is 32.1 Å². The molecule has 1 atom stereocenters. The number of carbonyl (C=O) groups excluding carboxylic acids is 2. The SMILES string of the molecule is CNC(=O)COc1ccc(NC(=O)CC(C)C2CCNCC2)cc1.Cl. The lowest BCUT2D eigenvalue weighted by Gasteiger charge is -2.27. The van der Waals surface area contributed by atoms with Gasteiger partial charge in [-0.05, 0) is 62.0 Å². The second kappa shape index (κ2) is 10.9. The number of ether oxygens (including phenoxy) is 1. The molecule has 6 nitrogen and oxygen atoms in total. The molecule has 1 saturated heterocycles. The lowest BCUT2D eigenvalue weighted by molar-refractivity contribution is -0.122. The largest absolute Gasteiger partial charge is 0.484 e. The van der Waals surface area contributed by atoms with Crippen molar-refractivity contribution in [2.45, 2.75) is 26.2 Å². The van der Waals surface area contributed by atoms with Crippen molar-refractivity contribution in [2.24, 2.45) is 11.8 Å². The average Bonchev–Trinajstić information content (AvgIpc) is 2.61. The Labute approximate surface area is 155 Å². The maximum absolute atomic E-state index is 12.2. The number of piperidine rings is 1. The van der Waals surface area contributed by atoms with Gasteiger partial charge in [0, 0.05) is 19.2 Å². The molecule has 2 rings (SSSR count). The van der Waals surface area contributed by atoms with Crippen LogP contribution in [0.2, 0.25) is 0 Å². The van der Waals surface area contributed by atoms with Crippen molar-refractivity contribution in [3.63, 3.8) is 0 Å². The summed E-state index contributed by atoms with van der Waals surface area (Å²) in [5.41, 5.74) is 0.741. The van der Waals surface area contributed by atoms with Crippen molar-refractivity contribution in [3.8, 4) is 5.75 Å². The second-order valence-corrected chi connectivity index (χ2v) is 6.30. The summed E-state index contributed by atoms with van der Waals surface area (Å²) in [4.78, 5) is 23.3. The first-order chi connectivity index (χ1) is 11.6.